The first-order valence-electron chi connectivity index (χ1n) is 6.37. The van der Waals surface area contributed by atoms with Gasteiger partial charge in [-0.25, -0.2) is 0 Å². The Bertz CT molecular complexity index is 338. The van der Waals surface area contributed by atoms with Gasteiger partial charge >= 0.3 is 5.97 Å². The molecule has 0 unspecified atom stereocenters. The molecule has 98 valence electrons. The van der Waals surface area contributed by atoms with E-state index < -0.39 is 11.0 Å². The SMILES string of the molecule is COC(=O)C1(C2(O)CC(C)(C)C2)CC(C)(C)C1. The molecule has 0 aromatic rings. The van der Waals surface area contributed by atoms with Gasteiger partial charge < -0.3 is 9.84 Å². The van der Waals surface area contributed by atoms with Gasteiger partial charge in [-0.15, -0.1) is 0 Å². The fourth-order valence-corrected chi connectivity index (χ4v) is 4.31. The van der Waals surface area contributed by atoms with E-state index in [0.29, 0.717) is 12.8 Å². The largest absolute Gasteiger partial charge is 0.469 e. The van der Waals surface area contributed by atoms with Crippen molar-refractivity contribution in [3.8, 4) is 0 Å². The van der Waals surface area contributed by atoms with Gasteiger partial charge in [0.1, 0.15) is 0 Å². The summed E-state index contributed by atoms with van der Waals surface area (Å²) in [5, 5.41) is 10.7. The highest BCUT2D eigenvalue weighted by atomic mass is 16.5. The third-order valence-corrected chi connectivity index (χ3v) is 4.57. The number of methoxy groups -OCH3 is 1. The lowest BCUT2D eigenvalue weighted by molar-refractivity contribution is -0.253. The standard InChI is InChI=1S/C14H24O3/c1-11(2)6-13(7-11,10(15)17-5)14(16)8-12(3,4)9-14/h16H,6-9H2,1-5H3. The Morgan fingerprint density at radius 1 is 1.00 bits per heavy atom. The highest BCUT2D eigenvalue weighted by molar-refractivity contribution is 5.80. The van der Waals surface area contributed by atoms with Crippen LogP contribution in [0.5, 0.6) is 0 Å². The van der Waals surface area contributed by atoms with Crippen LogP contribution in [-0.4, -0.2) is 23.8 Å². The molecule has 0 spiro atoms. The second kappa shape index (κ2) is 3.25. The summed E-state index contributed by atoms with van der Waals surface area (Å²) in [5.74, 6) is -0.227. The molecule has 17 heavy (non-hydrogen) atoms. The number of aliphatic hydroxyl groups is 1. The maximum absolute atomic E-state index is 12.1. The van der Waals surface area contributed by atoms with Crippen LogP contribution in [0.3, 0.4) is 0 Å². The molecule has 0 atom stereocenters. The minimum absolute atomic E-state index is 0.143. The molecule has 3 nitrogen and oxygen atoms in total. The second-order valence-electron chi connectivity index (χ2n) is 7.64. The molecular formula is C14H24O3. The fraction of sp³-hybridized carbons (Fsp3) is 0.929. The maximum Gasteiger partial charge on any atom is 0.314 e. The van der Waals surface area contributed by atoms with E-state index in [2.05, 4.69) is 27.7 Å². The Kier molecular flexibility index (Phi) is 2.46. The summed E-state index contributed by atoms with van der Waals surface area (Å²) in [7, 11) is 1.42. The number of ether oxygens (including phenoxy) is 1. The minimum Gasteiger partial charge on any atom is -0.469 e. The Morgan fingerprint density at radius 3 is 1.71 bits per heavy atom. The first kappa shape index (κ1) is 12.9. The molecule has 2 saturated carbocycles. The van der Waals surface area contributed by atoms with E-state index in [9.17, 15) is 9.90 Å². The van der Waals surface area contributed by atoms with E-state index in [4.69, 9.17) is 4.74 Å². The Morgan fingerprint density at radius 2 is 1.41 bits per heavy atom. The lowest BCUT2D eigenvalue weighted by Gasteiger charge is -2.65. The van der Waals surface area contributed by atoms with Gasteiger partial charge in [0, 0.05) is 0 Å². The molecule has 0 aromatic heterocycles. The van der Waals surface area contributed by atoms with Crippen LogP contribution in [0.2, 0.25) is 0 Å². The van der Waals surface area contributed by atoms with Crippen LogP contribution >= 0.6 is 0 Å². The molecule has 3 heteroatoms. The lowest BCUT2D eigenvalue weighted by Crippen LogP contribution is -2.69. The topological polar surface area (TPSA) is 46.5 Å². The van der Waals surface area contributed by atoms with Crippen molar-refractivity contribution < 1.29 is 14.6 Å². The summed E-state index contributed by atoms with van der Waals surface area (Å²) in [6.07, 6.45) is 2.87. The molecule has 0 saturated heterocycles. The van der Waals surface area contributed by atoms with E-state index in [1.54, 1.807) is 0 Å². The third-order valence-electron chi connectivity index (χ3n) is 4.57. The second-order valence-corrected chi connectivity index (χ2v) is 7.64. The van der Waals surface area contributed by atoms with E-state index in [0.717, 1.165) is 12.8 Å². The molecule has 0 heterocycles. The van der Waals surface area contributed by atoms with Gasteiger partial charge in [0.15, 0.2) is 0 Å². The molecule has 0 radical (unpaired) electrons. The third kappa shape index (κ3) is 1.70. The van der Waals surface area contributed by atoms with Gasteiger partial charge in [-0.1, -0.05) is 27.7 Å². The van der Waals surface area contributed by atoms with Crippen LogP contribution in [0.4, 0.5) is 0 Å². The zero-order valence-corrected chi connectivity index (χ0v) is 11.6. The molecule has 1 N–H and O–H groups in total. The number of hydrogen-bond acceptors (Lipinski definition) is 3. The molecule has 0 aromatic carbocycles. The van der Waals surface area contributed by atoms with Crippen LogP contribution < -0.4 is 0 Å². The monoisotopic (exact) mass is 240 g/mol. The fourth-order valence-electron chi connectivity index (χ4n) is 4.31. The van der Waals surface area contributed by atoms with Gasteiger partial charge in [-0.2, -0.15) is 0 Å². The van der Waals surface area contributed by atoms with Crippen molar-refractivity contribution in [2.24, 2.45) is 16.2 Å². The van der Waals surface area contributed by atoms with Crippen molar-refractivity contribution in [2.45, 2.75) is 59.0 Å². The van der Waals surface area contributed by atoms with Gasteiger partial charge in [0.05, 0.1) is 18.1 Å². The first-order chi connectivity index (χ1) is 7.56. The maximum atomic E-state index is 12.1. The summed E-state index contributed by atoms with van der Waals surface area (Å²) in [4.78, 5) is 12.1. The van der Waals surface area contributed by atoms with Crippen molar-refractivity contribution in [2.75, 3.05) is 7.11 Å². The number of carbonyl (C=O) groups is 1. The molecule has 2 fully saturated rings. The molecule has 0 amide bonds. The van der Waals surface area contributed by atoms with Crippen LogP contribution in [0.1, 0.15) is 53.4 Å². The average Bonchev–Trinajstić information content (AvgIpc) is 2.08. The van der Waals surface area contributed by atoms with E-state index >= 15 is 0 Å². The Labute approximate surface area is 104 Å². The highest BCUT2D eigenvalue weighted by Crippen LogP contribution is 2.68. The smallest absolute Gasteiger partial charge is 0.314 e. The van der Waals surface area contributed by atoms with Crippen LogP contribution in [0.25, 0.3) is 0 Å². The predicted molar refractivity (Wildman–Crippen MR) is 65.4 cm³/mol. The lowest BCUT2D eigenvalue weighted by atomic mass is 9.40. The van der Waals surface area contributed by atoms with E-state index in [1.807, 2.05) is 0 Å². The van der Waals surface area contributed by atoms with Crippen molar-refractivity contribution in [3.05, 3.63) is 0 Å². The van der Waals surface area contributed by atoms with Crippen molar-refractivity contribution in [1.82, 2.24) is 0 Å². The van der Waals surface area contributed by atoms with Gasteiger partial charge in [-0.3, -0.25) is 4.79 Å². The van der Waals surface area contributed by atoms with Crippen molar-refractivity contribution >= 4 is 5.97 Å². The Hall–Kier alpha value is -0.570. The van der Waals surface area contributed by atoms with Gasteiger partial charge in [0.2, 0.25) is 0 Å². The zero-order valence-electron chi connectivity index (χ0n) is 11.6. The number of rotatable bonds is 2. The molecule has 2 aliphatic rings. The highest BCUT2D eigenvalue weighted by Gasteiger charge is 2.70. The van der Waals surface area contributed by atoms with E-state index in [1.165, 1.54) is 7.11 Å². The van der Waals surface area contributed by atoms with Crippen molar-refractivity contribution in [1.29, 1.82) is 0 Å². The summed E-state index contributed by atoms with van der Waals surface area (Å²) in [5.41, 5.74) is -1.21. The van der Waals surface area contributed by atoms with Crippen molar-refractivity contribution in [3.63, 3.8) is 0 Å². The first-order valence-corrected chi connectivity index (χ1v) is 6.37. The molecule has 2 rings (SSSR count). The molecular weight excluding hydrogens is 216 g/mol. The summed E-state index contributed by atoms with van der Waals surface area (Å²) in [6, 6.07) is 0. The molecule has 2 aliphatic carbocycles. The Balaban J connectivity index is 2.23. The zero-order chi connectivity index (χ0) is 13.1. The molecule has 0 aliphatic heterocycles. The minimum atomic E-state index is -0.848. The summed E-state index contributed by atoms with van der Waals surface area (Å²) in [6.45, 7) is 8.55. The van der Waals surface area contributed by atoms with Crippen LogP contribution in [0, 0.1) is 16.2 Å². The summed E-state index contributed by atoms with van der Waals surface area (Å²) < 4.78 is 4.94. The molecule has 0 bridgehead atoms. The predicted octanol–water partition coefficient (Wildman–Crippen LogP) is 2.52. The number of esters is 1. The van der Waals surface area contributed by atoms with Gasteiger partial charge in [0.25, 0.3) is 0 Å². The normalized spacial score (nSPS) is 30.9. The van der Waals surface area contributed by atoms with Gasteiger partial charge in [-0.05, 0) is 36.5 Å². The average molecular weight is 240 g/mol. The quantitative estimate of drug-likeness (QED) is 0.754. The number of hydrogen-bond donors (Lipinski definition) is 1. The van der Waals surface area contributed by atoms with E-state index in [-0.39, 0.29) is 16.8 Å². The van der Waals surface area contributed by atoms with Crippen LogP contribution in [0.15, 0.2) is 0 Å². The van der Waals surface area contributed by atoms with Crippen LogP contribution in [-0.2, 0) is 9.53 Å². The summed E-state index contributed by atoms with van der Waals surface area (Å²) >= 11 is 0. The number of carbonyl (C=O) groups excluding carboxylic acids is 1.